The van der Waals surface area contributed by atoms with Crippen LogP contribution in [0.1, 0.15) is 35.8 Å². The minimum atomic E-state index is -0.135. The van der Waals surface area contributed by atoms with Gasteiger partial charge in [-0.2, -0.15) is 0 Å². The Morgan fingerprint density at radius 3 is 2.61 bits per heavy atom. The van der Waals surface area contributed by atoms with Crippen molar-refractivity contribution < 1.29 is 4.79 Å². The summed E-state index contributed by atoms with van der Waals surface area (Å²) in [5, 5.41) is 6.66. The molecule has 206 valence electrons. The normalized spacial score (nSPS) is 13.2. The summed E-state index contributed by atoms with van der Waals surface area (Å²) < 4.78 is 3.98. The lowest BCUT2D eigenvalue weighted by atomic mass is 9.97. The Labute approximate surface area is 246 Å². The molecule has 8 heteroatoms. The minimum Gasteiger partial charge on any atom is -0.341 e. The zero-order valence-electron chi connectivity index (χ0n) is 23.1. The molecule has 1 aliphatic rings. The Balaban J connectivity index is 1.21. The van der Waals surface area contributed by atoms with Crippen molar-refractivity contribution in [2.45, 2.75) is 51.2 Å². The van der Waals surface area contributed by atoms with Gasteiger partial charge in [-0.1, -0.05) is 47.7 Å². The van der Waals surface area contributed by atoms with Gasteiger partial charge in [0.25, 0.3) is 5.56 Å². The topological polar surface area (TPSA) is 68.9 Å². The highest BCUT2D eigenvalue weighted by atomic mass is 32.2. The summed E-state index contributed by atoms with van der Waals surface area (Å²) in [5.41, 5.74) is 6.12. The third kappa shape index (κ3) is 4.55. The Hall–Kier alpha value is -3.88. The largest absolute Gasteiger partial charge is 0.341 e. The molecule has 6 nitrogen and oxygen atoms in total. The van der Waals surface area contributed by atoms with E-state index in [9.17, 15) is 9.59 Å². The number of thiophene rings is 1. The van der Waals surface area contributed by atoms with Gasteiger partial charge in [0, 0.05) is 38.9 Å². The van der Waals surface area contributed by atoms with E-state index in [0.29, 0.717) is 5.16 Å². The Morgan fingerprint density at radius 2 is 1.78 bits per heavy atom. The summed E-state index contributed by atoms with van der Waals surface area (Å²) in [6.07, 6.45) is 4.19. The number of aromatic nitrogens is 3. The van der Waals surface area contributed by atoms with E-state index in [-0.39, 0.29) is 17.2 Å². The number of nitrogens with zero attached hydrogens (tertiary/aromatic N) is 3. The number of benzene rings is 3. The molecular weight excluding hydrogens is 549 g/mol. The predicted octanol–water partition coefficient (Wildman–Crippen LogP) is 7.49. The number of nitrogens with one attached hydrogen (secondary N) is 1. The zero-order chi connectivity index (χ0) is 28.1. The van der Waals surface area contributed by atoms with E-state index in [1.54, 1.807) is 15.9 Å². The van der Waals surface area contributed by atoms with Crippen LogP contribution in [0, 0.1) is 6.92 Å². The molecule has 0 saturated carbocycles. The highest BCUT2D eigenvalue weighted by molar-refractivity contribution is 7.99. The van der Waals surface area contributed by atoms with Crippen molar-refractivity contribution in [3.05, 3.63) is 93.1 Å². The fourth-order valence-corrected chi connectivity index (χ4v) is 8.12. The lowest BCUT2D eigenvalue weighted by molar-refractivity contribution is -0.113. The molecule has 1 N–H and O–H groups in total. The monoisotopic (exact) mass is 578 g/mol. The summed E-state index contributed by atoms with van der Waals surface area (Å²) in [4.78, 5) is 34.2. The molecular formula is C33H30N4O2S2. The van der Waals surface area contributed by atoms with Gasteiger partial charge in [0.1, 0.15) is 4.83 Å². The molecule has 0 atom stereocenters. The second-order valence-corrected chi connectivity index (χ2v) is 12.6. The van der Waals surface area contributed by atoms with E-state index >= 15 is 0 Å². The van der Waals surface area contributed by atoms with E-state index in [0.717, 1.165) is 70.3 Å². The van der Waals surface area contributed by atoms with E-state index in [1.165, 1.54) is 33.1 Å². The van der Waals surface area contributed by atoms with Crippen LogP contribution in [-0.4, -0.2) is 25.8 Å². The molecule has 3 aromatic heterocycles. The molecule has 6 aromatic rings. The van der Waals surface area contributed by atoms with Gasteiger partial charge >= 0.3 is 0 Å². The molecule has 0 spiro atoms. The first-order chi connectivity index (χ1) is 20.0. The average molecular weight is 579 g/mol. The van der Waals surface area contributed by atoms with Crippen molar-refractivity contribution >= 4 is 66.7 Å². The molecule has 1 amide bonds. The fraction of sp³-hybridized carbons (Fsp3) is 0.242. The number of thioether (sulfide) groups is 1. The highest BCUT2D eigenvalue weighted by Gasteiger charge is 2.23. The summed E-state index contributed by atoms with van der Waals surface area (Å²) >= 11 is 2.94. The van der Waals surface area contributed by atoms with Crippen molar-refractivity contribution in [3.8, 4) is 5.69 Å². The van der Waals surface area contributed by atoms with Crippen LogP contribution < -0.4 is 10.9 Å². The minimum absolute atomic E-state index is 0.0427. The number of para-hydroxylation sites is 1. The van der Waals surface area contributed by atoms with E-state index in [1.807, 2.05) is 43.3 Å². The maximum Gasteiger partial charge on any atom is 0.267 e. The number of carbonyl (C=O) groups is 1. The number of amides is 1. The molecule has 0 fully saturated rings. The summed E-state index contributed by atoms with van der Waals surface area (Å²) in [6.45, 7) is 5.05. The highest BCUT2D eigenvalue weighted by Crippen LogP contribution is 2.35. The van der Waals surface area contributed by atoms with Crippen LogP contribution in [0.2, 0.25) is 0 Å². The quantitative estimate of drug-likeness (QED) is 0.164. The second-order valence-electron chi connectivity index (χ2n) is 10.6. The summed E-state index contributed by atoms with van der Waals surface area (Å²) in [6, 6.07) is 22.4. The van der Waals surface area contributed by atoms with Gasteiger partial charge in [-0.3, -0.25) is 14.2 Å². The van der Waals surface area contributed by atoms with Crippen LogP contribution in [0.5, 0.6) is 0 Å². The standard InChI is InChI=1S/C33H30N4O2S2/c1-3-36-26-10-6-4-8-23(26)25-18-21(14-17-27(25)36)34-29(38)19-40-33-35-31-30(24-9-5-7-11-28(24)41-31)32(39)37(33)22-15-12-20(2)13-16-22/h4,6,8,10,12-18H,3,5,7,9,11,19H2,1-2H3,(H,34,38). The maximum absolute atomic E-state index is 14.0. The lowest BCUT2D eigenvalue weighted by Gasteiger charge is -2.14. The van der Waals surface area contributed by atoms with Gasteiger partial charge in [0.15, 0.2) is 5.16 Å². The molecule has 3 heterocycles. The second kappa shape index (κ2) is 10.5. The van der Waals surface area contributed by atoms with Crippen LogP contribution in [0.25, 0.3) is 37.7 Å². The smallest absolute Gasteiger partial charge is 0.267 e. The van der Waals surface area contributed by atoms with Crippen LogP contribution >= 0.6 is 23.1 Å². The molecule has 1 aliphatic carbocycles. The molecule has 0 saturated heterocycles. The van der Waals surface area contributed by atoms with Gasteiger partial charge in [0.2, 0.25) is 5.91 Å². The Morgan fingerprint density at radius 1 is 1.00 bits per heavy atom. The molecule has 3 aromatic carbocycles. The molecule has 0 radical (unpaired) electrons. The predicted molar refractivity (Wildman–Crippen MR) is 171 cm³/mol. The van der Waals surface area contributed by atoms with Crippen molar-refractivity contribution in [1.82, 2.24) is 14.1 Å². The van der Waals surface area contributed by atoms with Crippen molar-refractivity contribution in [1.29, 1.82) is 0 Å². The van der Waals surface area contributed by atoms with Gasteiger partial charge in [-0.25, -0.2) is 4.98 Å². The van der Waals surface area contributed by atoms with E-state index < -0.39 is 0 Å². The molecule has 0 unspecified atom stereocenters. The lowest BCUT2D eigenvalue weighted by Crippen LogP contribution is -2.23. The number of fused-ring (bicyclic) bond motifs is 6. The zero-order valence-corrected chi connectivity index (χ0v) is 24.7. The molecule has 41 heavy (non-hydrogen) atoms. The number of hydrogen-bond acceptors (Lipinski definition) is 5. The van der Waals surface area contributed by atoms with Crippen molar-refractivity contribution in [2.24, 2.45) is 0 Å². The number of anilines is 1. The first-order valence-corrected chi connectivity index (χ1v) is 15.9. The first kappa shape index (κ1) is 26.0. The van der Waals surface area contributed by atoms with Gasteiger partial charge < -0.3 is 9.88 Å². The van der Waals surface area contributed by atoms with Crippen molar-refractivity contribution in [3.63, 3.8) is 0 Å². The Bertz CT molecular complexity index is 2020. The van der Waals surface area contributed by atoms with Gasteiger partial charge in [-0.05, 0) is 81.5 Å². The van der Waals surface area contributed by atoms with E-state index in [2.05, 4.69) is 47.1 Å². The van der Waals surface area contributed by atoms with Crippen molar-refractivity contribution in [2.75, 3.05) is 11.1 Å². The number of aryl methyl sites for hydroxylation is 4. The third-order valence-corrected chi connectivity index (χ3v) is 10.1. The number of rotatable bonds is 6. The SMILES string of the molecule is CCn1c2ccccc2c2cc(NC(=O)CSc3nc4sc5c(c4c(=O)n3-c3ccc(C)cc3)CCCC5)ccc21. The van der Waals surface area contributed by atoms with Crippen LogP contribution in [0.3, 0.4) is 0 Å². The maximum atomic E-state index is 14.0. The fourth-order valence-electron chi connectivity index (χ4n) is 6.00. The molecule has 0 bridgehead atoms. The van der Waals surface area contributed by atoms with Crippen LogP contribution in [0.4, 0.5) is 5.69 Å². The van der Waals surface area contributed by atoms with Gasteiger partial charge in [-0.15, -0.1) is 11.3 Å². The first-order valence-electron chi connectivity index (χ1n) is 14.1. The average Bonchev–Trinajstić information content (AvgIpc) is 3.52. The van der Waals surface area contributed by atoms with Crippen LogP contribution in [0.15, 0.2) is 76.7 Å². The van der Waals surface area contributed by atoms with Crippen LogP contribution in [-0.2, 0) is 24.2 Å². The third-order valence-electron chi connectivity index (χ3n) is 7.96. The summed E-state index contributed by atoms with van der Waals surface area (Å²) in [5.74, 6) is 0.00720. The number of hydrogen-bond donors (Lipinski definition) is 1. The molecule has 7 rings (SSSR count). The Kier molecular flexibility index (Phi) is 6.67. The summed E-state index contributed by atoms with van der Waals surface area (Å²) in [7, 11) is 0. The van der Waals surface area contributed by atoms with E-state index in [4.69, 9.17) is 4.98 Å². The molecule has 0 aliphatic heterocycles. The number of carbonyl (C=O) groups excluding carboxylic acids is 1. The van der Waals surface area contributed by atoms with Gasteiger partial charge in [0.05, 0.1) is 16.8 Å².